The summed E-state index contributed by atoms with van der Waals surface area (Å²) in [5, 5.41) is 9.59. The molecule has 0 heterocycles. The number of aldehydes is 1. The van der Waals surface area contributed by atoms with Crippen LogP contribution in [-0.4, -0.2) is 11.4 Å². The van der Waals surface area contributed by atoms with E-state index in [-0.39, 0.29) is 0 Å². The Morgan fingerprint density at radius 2 is 1.87 bits per heavy atom. The number of hydrogen-bond donors (Lipinski definition) is 1. The molecule has 15 heavy (non-hydrogen) atoms. The van der Waals surface area contributed by atoms with Crippen molar-refractivity contribution in [3.8, 4) is 5.75 Å². The van der Waals surface area contributed by atoms with Crippen molar-refractivity contribution in [1.82, 2.24) is 0 Å². The molecule has 1 aromatic carbocycles. The maximum atomic E-state index is 10.7. The van der Waals surface area contributed by atoms with E-state index in [0.717, 1.165) is 35.0 Å². The van der Waals surface area contributed by atoms with Crippen molar-refractivity contribution in [2.45, 2.75) is 27.2 Å². The summed E-state index contributed by atoms with van der Waals surface area (Å²) in [5.74, 6) is 0.330. The van der Waals surface area contributed by atoms with E-state index in [1.165, 1.54) is 0 Å². The van der Waals surface area contributed by atoms with E-state index >= 15 is 0 Å². The minimum absolute atomic E-state index is 0.330. The van der Waals surface area contributed by atoms with Crippen LogP contribution in [0.5, 0.6) is 5.75 Å². The minimum atomic E-state index is 0.330. The third kappa shape index (κ3) is 2.69. The first-order valence-corrected chi connectivity index (χ1v) is 5.04. The summed E-state index contributed by atoms with van der Waals surface area (Å²) >= 11 is 0. The highest BCUT2D eigenvalue weighted by Gasteiger charge is 2.02. The molecule has 0 aliphatic carbocycles. The highest BCUT2D eigenvalue weighted by atomic mass is 16.3. The van der Waals surface area contributed by atoms with Crippen LogP contribution in [0.25, 0.3) is 6.08 Å². The van der Waals surface area contributed by atoms with Crippen molar-refractivity contribution in [2.75, 3.05) is 0 Å². The predicted molar refractivity (Wildman–Crippen MR) is 61.9 cm³/mol. The molecule has 0 aromatic heterocycles. The number of hydrogen-bond acceptors (Lipinski definition) is 2. The predicted octanol–water partition coefficient (Wildman–Crippen LogP) is 3.00. The molecule has 0 fully saturated rings. The van der Waals surface area contributed by atoms with Gasteiger partial charge in [0.15, 0.2) is 0 Å². The molecule has 0 aliphatic rings. The number of rotatable bonds is 3. The Labute approximate surface area is 90.3 Å². The Balaban J connectivity index is 3.17. The lowest BCUT2D eigenvalue weighted by Gasteiger charge is -2.05. The molecule has 1 rings (SSSR count). The lowest BCUT2D eigenvalue weighted by atomic mass is 10.0. The largest absolute Gasteiger partial charge is 0.507 e. The molecule has 1 N–H and O–H groups in total. The molecule has 0 unspecified atom stereocenters. The maximum Gasteiger partial charge on any atom is 0.146 e. The zero-order chi connectivity index (χ0) is 11.4. The van der Waals surface area contributed by atoms with Gasteiger partial charge in [0.2, 0.25) is 0 Å². The first kappa shape index (κ1) is 11.5. The molecule has 0 spiro atoms. The minimum Gasteiger partial charge on any atom is -0.507 e. The second-order valence-electron chi connectivity index (χ2n) is 3.69. The lowest BCUT2D eigenvalue weighted by Crippen LogP contribution is -1.86. The summed E-state index contributed by atoms with van der Waals surface area (Å²) in [6.45, 7) is 5.65. The summed E-state index contributed by atoms with van der Waals surface area (Å²) in [4.78, 5) is 10.7. The Morgan fingerprint density at radius 1 is 1.33 bits per heavy atom. The van der Waals surface area contributed by atoms with E-state index in [4.69, 9.17) is 0 Å². The lowest BCUT2D eigenvalue weighted by molar-refractivity contribution is -0.104. The van der Waals surface area contributed by atoms with Crippen molar-refractivity contribution in [3.05, 3.63) is 34.4 Å². The summed E-state index contributed by atoms with van der Waals surface area (Å²) in [5.41, 5.74) is 3.40. The van der Waals surface area contributed by atoms with Gasteiger partial charge in [-0.25, -0.2) is 0 Å². The normalized spacial score (nSPS) is 11.5. The highest BCUT2D eigenvalue weighted by Crippen LogP contribution is 2.24. The summed E-state index contributed by atoms with van der Waals surface area (Å²) < 4.78 is 0. The summed E-state index contributed by atoms with van der Waals surface area (Å²) in [7, 11) is 0. The molecule has 0 bridgehead atoms. The quantitative estimate of drug-likeness (QED) is 0.607. The van der Waals surface area contributed by atoms with Crippen LogP contribution in [0.1, 0.15) is 30.0 Å². The second kappa shape index (κ2) is 4.78. The fraction of sp³-hybridized carbons (Fsp3) is 0.308. The van der Waals surface area contributed by atoms with E-state index in [9.17, 15) is 9.90 Å². The van der Waals surface area contributed by atoms with Gasteiger partial charge in [-0.15, -0.1) is 0 Å². The Hall–Kier alpha value is -1.57. The second-order valence-corrected chi connectivity index (χ2v) is 3.69. The van der Waals surface area contributed by atoms with Gasteiger partial charge in [-0.1, -0.05) is 6.92 Å². The fourth-order valence-corrected chi connectivity index (χ4v) is 1.51. The van der Waals surface area contributed by atoms with Crippen LogP contribution >= 0.6 is 0 Å². The molecule has 0 aliphatic heterocycles. The molecule has 0 amide bonds. The van der Waals surface area contributed by atoms with Crippen molar-refractivity contribution >= 4 is 12.4 Å². The highest BCUT2D eigenvalue weighted by molar-refractivity contribution is 5.81. The van der Waals surface area contributed by atoms with E-state index in [2.05, 4.69) is 0 Å². The average molecular weight is 204 g/mol. The van der Waals surface area contributed by atoms with Crippen molar-refractivity contribution in [1.29, 1.82) is 0 Å². The van der Waals surface area contributed by atoms with Gasteiger partial charge in [0.05, 0.1) is 0 Å². The van der Waals surface area contributed by atoms with Gasteiger partial charge in [-0.3, -0.25) is 4.79 Å². The zero-order valence-electron chi connectivity index (χ0n) is 9.37. The van der Waals surface area contributed by atoms with Gasteiger partial charge in [0, 0.05) is 0 Å². The topological polar surface area (TPSA) is 37.3 Å². The molecule has 1 aromatic rings. The Morgan fingerprint density at radius 3 is 2.27 bits per heavy atom. The van der Waals surface area contributed by atoms with Gasteiger partial charge < -0.3 is 5.11 Å². The molecule has 80 valence electrons. The van der Waals surface area contributed by atoms with E-state index in [1.807, 2.05) is 39.0 Å². The van der Waals surface area contributed by atoms with E-state index in [1.54, 1.807) is 0 Å². The van der Waals surface area contributed by atoms with Crippen LogP contribution < -0.4 is 0 Å². The van der Waals surface area contributed by atoms with Gasteiger partial charge in [0.1, 0.15) is 12.0 Å². The first-order valence-electron chi connectivity index (χ1n) is 5.04. The van der Waals surface area contributed by atoms with Crippen molar-refractivity contribution in [3.63, 3.8) is 0 Å². The molecule has 0 radical (unpaired) electrons. The monoisotopic (exact) mass is 204 g/mol. The molecule has 0 saturated carbocycles. The van der Waals surface area contributed by atoms with Crippen LogP contribution in [0, 0.1) is 13.8 Å². The van der Waals surface area contributed by atoms with Crippen LogP contribution in [0.15, 0.2) is 17.7 Å². The van der Waals surface area contributed by atoms with Crippen molar-refractivity contribution < 1.29 is 9.90 Å². The fourth-order valence-electron chi connectivity index (χ4n) is 1.51. The number of allylic oxidation sites excluding steroid dienone is 1. The van der Waals surface area contributed by atoms with Crippen molar-refractivity contribution in [2.24, 2.45) is 0 Å². The molecular weight excluding hydrogens is 188 g/mol. The van der Waals surface area contributed by atoms with Gasteiger partial charge in [0.25, 0.3) is 0 Å². The molecule has 2 heteroatoms. The SMILES string of the molecule is CCC(C=O)=Cc1cc(C)c(O)c(C)c1. The Kier molecular flexibility index (Phi) is 3.67. The third-order valence-electron chi connectivity index (χ3n) is 2.43. The number of aromatic hydroxyl groups is 1. The van der Waals surface area contributed by atoms with Crippen LogP contribution in [0.2, 0.25) is 0 Å². The Bertz CT molecular complexity index is 380. The number of phenols is 1. The molecule has 0 atom stereocenters. The molecule has 2 nitrogen and oxygen atoms in total. The van der Waals surface area contributed by atoms with E-state index < -0.39 is 0 Å². The van der Waals surface area contributed by atoms with Crippen LogP contribution in [0.4, 0.5) is 0 Å². The van der Waals surface area contributed by atoms with Crippen LogP contribution in [-0.2, 0) is 4.79 Å². The standard InChI is InChI=1S/C13H16O2/c1-4-11(8-14)7-12-5-9(2)13(15)10(3)6-12/h5-8,15H,4H2,1-3H3. The summed E-state index contributed by atoms with van der Waals surface area (Å²) in [6.07, 6.45) is 3.45. The maximum absolute atomic E-state index is 10.7. The van der Waals surface area contributed by atoms with Gasteiger partial charge in [-0.05, 0) is 60.7 Å². The number of carbonyl (C=O) groups is 1. The van der Waals surface area contributed by atoms with Crippen LogP contribution in [0.3, 0.4) is 0 Å². The van der Waals surface area contributed by atoms with E-state index in [0.29, 0.717) is 5.75 Å². The number of benzene rings is 1. The smallest absolute Gasteiger partial charge is 0.146 e. The zero-order valence-corrected chi connectivity index (χ0v) is 9.37. The number of phenolic OH excluding ortho intramolecular Hbond substituents is 1. The number of aryl methyl sites for hydroxylation is 2. The summed E-state index contributed by atoms with van der Waals surface area (Å²) in [6, 6.07) is 3.75. The van der Waals surface area contributed by atoms with Gasteiger partial charge in [-0.2, -0.15) is 0 Å². The molecular formula is C13H16O2. The third-order valence-corrected chi connectivity index (χ3v) is 2.43. The molecule has 0 saturated heterocycles. The first-order chi connectivity index (χ1) is 7.08. The number of carbonyl (C=O) groups excluding carboxylic acids is 1. The average Bonchev–Trinajstić information content (AvgIpc) is 2.22. The van der Waals surface area contributed by atoms with Gasteiger partial charge >= 0.3 is 0 Å².